The van der Waals surface area contributed by atoms with E-state index in [0.717, 1.165) is 11.3 Å². The Labute approximate surface area is 204 Å². The fourth-order valence-electron chi connectivity index (χ4n) is 3.69. The number of likely N-dealkylation sites (N-methyl/N-ethyl adjacent to an activating group) is 1. The van der Waals surface area contributed by atoms with E-state index < -0.39 is 10.0 Å². The summed E-state index contributed by atoms with van der Waals surface area (Å²) >= 11 is 0. The van der Waals surface area contributed by atoms with Crippen molar-refractivity contribution in [2.45, 2.75) is 10.9 Å². The van der Waals surface area contributed by atoms with Gasteiger partial charge in [0, 0.05) is 18.2 Å². The lowest BCUT2D eigenvalue weighted by Crippen LogP contribution is -2.34. The molecule has 0 spiro atoms. The number of anilines is 1. The zero-order chi connectivity index (χ0) is 25.0. The summed E-state index contributed by atoms with van der Waals surface area (Å²) in [6.07, 6.45) is 0. The molecule has 184 valence electrons. The van der Waals surface area contributed by atoms with Gasteiger partial charge in [0.05, 0.1) is 23.7 Å². The molecule has 0 radical (unpaired) electrons. The average Bonchev–Trinajstić information content (AvgIpc) is 3.32. The van der Waals surface area contributed by atoms with Gasteiger partial charge in [0.1, 0.15) is 5.75 Å². The van der Waals surface area contributed by atoms with E-state index in [9.17, 15) is 13.2 Å². The maximum atomic E-state index is 12.9. The largest absolute Gasteiger partial charge is 0.497 e. The SMILES string of the molecule is COc1ccc(C(CNC(=O)c2cccc(S(=O)(=O)Nc3ccc4c(c3)OCO4)c2)N(C)C)cc1. The Morgan fingerprint density at radius 3 is 2.49 bits per heavy atom. The number of ether oxygens (including phenoxy) is 3. The van der Waals surface area contributed by atoms with E-state index in [1.54, 1.807) is 31.4 Å². The highest BCUT2D eigenvalue weighted by atomic mass is 32.2. The van der Waals surface area contributed by atoms with Crippen LogP contribution in [0.5, 0.6) is 17.2 Å². The first-order valence-corrected chi connectivity index (χ1v) is 12.4. The number of hydrogen-bond acceptors (Lipinski definition) is 7. The minimum Gasteiger partial charge on any atom is -0.497 e. The van der Waals surface area contributed by atoms with Gasteiger partial charge >= 0.3 is 0 Å². The molecule has 1 aliphatic rings. The Morgan fingerprint density at radius 2 is 1.77 bits per heavy atom. The van der Waals surface area contributed by atoms with E-state index in [-0.39, 0.29) is 29.2 Å². The normalized spacial score (nSPS) is 13.4. The molecule has 0 saturated heterocycles. The first kappa shape index (κ1) is 24.4. The third-order valence-corrected chi connectivity index (χ3v) is 6.99. The first-order valence-electron chi connectivity index (χ1n) is 10.9. The molecule has 1 unspecified atom stereocenters. The maximum absolute atomic E-state index is 12.9. The van der Waals surface area contributed by atoms with Gasteiger partial charge in [-0.25, -0.2) is 8.42 Å². The third-order valence-electron chi connectivity index (χ3n) is 5.61. The van der Waals surface area contributed by atoms with Crippen molar-refractivity contribution in [3.8, 4) is 17.2 Å². The van der Waals surface area contributed by atoms with Crippen LogP contribution in [0.2, 0.25) is 0 Å². The molecule has 2 N–H and O–H groups in total. The highest BCUT2D eigenvalue weighted by Crippen LogP contribution is 2.34. The van der Waals surface area contributed by atoms with Crippen LogP contribution < -0.4 is 24.2 Å². The highest BCUT2D eigenvalue weighted by Gasteiger charge is 2.20. The molecule has 9 nitrogen and oxygen atoms in total. The van der Waals surface area contributed by atoms with Gasteiger partial charge in [0.15, 0.2) is 11.5 Å². The van der Waals surface area contributed by atoms with E-state index in [1.807, 2.05) is 43.3 Å². The Bertz CT molecular complexity index is 1310. The number of amides is 1. The number of methoxy groups -OCH3 is 1. The number of fused-ring (bicyclic) bond motifs is 1. The number of rotatable bonds is 9. The van der Waals surface area contributed by atoms with Gasteiger partial charge in [-0.3, -0.25) is 9.52 Å². The average molecular weight is 498 g/mol. The fraction of sp³-hybridized carbons (Fsp3) is 0.240. The fourth-order valence-corrected chi connectivity index (χ4v) is 4.79. The number of carbonyl (C=O) groups is 1. The van der Waals surface area contributed by atoms with Crippen LogP contribution in [0.4, 0.5) is 5.69 Å². The van der Waals surface area contributed by atoms with Gasteiger partial charge in [0.2, 0.25) is 6.79 Å². The number of carbonyl (C=O) groups excluding carboxylic acids is 1. The molecule has 3 aromatic carbocycles. The van der Waals surface area contributed by atoms with Gasteiger partial charge in [-0.1, -0.05) is 18.2 Å². The van der Waals surface area contributed by atoms with Crippen molar-refractivity contribution in [3.63, 3.8) is 0 Å². The van der Waals surface area contributed by atoms with E-state index in [2.05, 4.69) is 10.0 Å². The summed E-state index contributed by atoms with van der Waals surface area (Å²) in [6, 6.07) is 18.2. The molecule has 0 aromatic heterocycles. The van der Waals surface area contributed by atoms with Crippen LogP contribution in [0.25, 0.3) is 0 Å². The van der Waals surface area contributed by atoms with Crippen molar-refractivity contribution >= 4 is 21.6 Å². The quantitative estimate of drug-likeness (QED) is 0.467. The summed E-state index contributed by atoms with van der Waals surface area (Å²) in [4.78, 5) is 14.8. The van der Waals surface area contributed by atoms with E-state index in [4.69, 9.17) is 14.2 Å². The molecule has 0 bridgehead atoms. The molecule has 1 amide bonds. The molecule has 3 aromatic rings. The topological polar surface area (TPSA) is 106 Å². The van der Waals surface area contributed by atoms with Crippen molar-refractivity contribution in [2.75, 3.05) is 39.3 Å². The van der Waals surface area contributed by atoms with E-state index in [0.29, 0.717) is 23.7 Å². The molecule has 0 aliphatic carbocycles. The van der Waals surface area contributed by atoms with Crippen LogP contribution in [0.1, 0.15) is 22.0 Å². The lowest BCUT2D eigenvalue weighted by Gasteiger charge is -2.25. The zero-order valence-corrected chi connectivity index (χ0v) is 20.5. The van der Waals surface area contributed by atoms with Gasteiger partial charge in [-0.05, 0) is 62.1 Å². The van der Waals surface area contributed by atoms with Gasteiger partial charge in [0.25, 0.3) is 15.9 Å². The molecule has 1 aliphatic heterocycles. The second kappa shape index (κ2) is 10.2. The van der Waals surface area contributed by atoms with E-state index in [1.165, 1.54) is 18.2 Å². The standard InChI is InChI=1S/C25H27N3O6S/c1-28(2)22(17-7-10-20(32-3)11-8-17)15-26-25(29)18-5-4-6-21(13-18)35(30,31)27-19-9-12-23-24(14-19)34-16-33-23/h4-14,22,27H,15-16H2,1-3H3,(H,26,29). The molecule has 0 fully saturated rings. The van der Waals surface area contributed by atoms with Crippen LogP contribution in [0.15, 0.2) is 71.6 Å². The summed E-state index contributed by atoms with van der Waals surface area (Å²) in [6.45, 7) is 0.431. The second-order valence-electron chi connectivity index (χ2n) is 8.16. The first-order chi connectivity index (χ1) is 16.8. The van der Waals surface area contributed by atoms with Gasteiger partial charge in [-0.2, -0.15) is 0 Å². The van der Waals surface area contributed by atoms with E-state index >= 15 is 0 Å². The number of nitrogens with one attached hydrogen (secondary N) is 2. The predicted octanol–water partition coefficient (Wildman–Crippen LogP) is 3.26. The highest BCUT2D eigenvalue weighted by molar-refractivity contribution is 7.92. The third kappa shape index (κ3) is 5.67. The summed E-state index contributed by atoms with van der Waals surface area (Å²) in [5.41, 5.74) is 1.59. The van der Waals surface area contributed by atoms with Crippen LogP contribution >= 0.6 is 0 Å². The minimum atomic E-state index is -3.93. The summed E-state index contributed by atoms with van der Waals surface area (Å²) in [5, 5.41) is 2.91. The Balaban J connectivity index is 1.45. The van der Waals surface area contributed by atoms with Crippen molar-refractivity contribution in [1.29, 1.82) is 0 Å². The predicted molar refractivity (Wildman–Crippen MR) is 132 cm³/mol. The Kier molecular flexibility index (Phi) is 7.13. The number of nitrogens with zero attached hydrogens (tertiary/aromatic N) is 1. The Morgan fingerprint density at radius 1 is 1.03 bits per heavy atom. The minimum absolute atomic E-state index is 0.0258. The lowest BCUT2D eigenvalue weighted by atomic mass is 10.1. The Hall–Kier alpha value is -3.76. The van der Waals surface area contributed by atoms with Crippen LogP contribution in [0.3, 0.4) is 0 Å². The smallest absolute Gasteiger partial charge is 0.261 e. The number of sulfonamides is 1. The zero-order valence-electron chi connectivity index (χ0n) is 19.6. The molecule has 1 heterocycles. The van der Waals surface area contributed by atoms with Crippen molar-refractivity contribution in [1.82, 2.24) is 10.2 Å². The summed E-state index contributed by atoms with van der Waals surface area (Å²) in [5.74, 6) is 1.40. The summed E-state index contributed by atoms with van der Waals surface area (Å²) < 4.78 is 44.1. The maximum Gasteiger partial charge on any atom is 0.261 e. The lowest BCUT2D eigenvalue weighted by molar-refractivity contribution is 0.0941. The molecular weight excluding hydrogens is 470 g/mol. The van der Waals surface area contributed by atoms with Crippen molar-refractivity contribution in [2.24, 2.45) is 0 Å². The van der Waals surface area contributed by atoms with Crippen LogP contribution in [-0.4, -0.2) is 53.8 Å². The molecular formula is C25H27N3O6S. The molecule has 10 heteroatoms. The molecule has 0 saturated carbocycles. The molecule has 4 rings (SSSR count). The number of benzene rings is 3. The van der Waals surface area contributed by atoms with Crippen LogP contribution in [0, 0.1) is 0 Å². The van der Waals surface area contributed by atoms with Gasteiger partial charge in [-0.15, -0.1) is 0 Å². The monoisotopic (exact) mass is 497 g/mol. The number of hydrogen-bond donors (Lipinski definition) is 2. The molecule has 35 heavy (non-hydrogen) atoms. The summed E-state index contributed by atoms with van der Waals surface area (Å²) in [7, 11) is 1.53. The van der Waals surface area contributed by atoms with Gasteiger partial charge < -0.3 is 24.4 Å². The van der Waals surface area contributed by atoms with Crippen LogP contribution in [-0.2, 0) is 10.0 Å². The molecule has 1 atom stereocenters. The van der Waals surface area contributed by atoms with Crippen molar-refractivity contribution in [3.05, 3.63) is 77.9 Å². The van der Waals surface area contributed by atoms with Crippen molar-refractivity contribution < 1.29 is 27.4 Å². The second-order valence-corrected chi connectivity index (χ2v) is 9.85.